The molecule has 1 heterocycles. The summed E-state index contributed by atoms with van der Waals surface area (Å²) in [6.07, 6.45) is 1.72. The molecule has 1 aliphatic heterocycles. The molecule has 1 fully saturated rings. The summed E-state index contributed by atoms with van der Waals surface area (Å²) in [6.45, 7) is 4.38. The first-order chi connectivity index (χ1) is 16.4. The van der Waals surface area contributed by atoms with E-state index in [1.54, 1.807) is 11.8 Å². The second kappa shape index (κ2) is 10.3. The van der Waals surface area contributed by atoms with E-state index >= 15 is 0 Å². The molecule has 3 atom stereocenters. The van der Waals surface area contributed by atoms with E-state index in [9.17, 15) is 19.5 Å². The number of carbonyl (C=O) groups is 3. The number of nitrogens with one attached hydrogen (secondary N) is 1. The lowest BCUT2D eigenvalue weighted by atomic mass is 9.89. The molecule has 1 unspecified atom stereocenters. The maximum absolute atomic E-state index is 13.3. The first-order valence-corrected chi connectivity index (χ1v) is 12.1. The molecule has 1 saturated heterocycles. The van der Waals surface area contributed by atoms with Crippen molar-refractivity contribution in [1.29, 1.82) is 0 Å². The molecule has 34 heavy (non-hydrogen) atoms. The summed E-state index contributed by atoms with van der Waals surface area (Å²) in [5, 5.41) is 12.2. The minimum Gasteiger partial charge on any atom is -0.481 e. The highest BCUT2D eigenvalue weighted by atomic mass is 16.5. The van der Waals surface area contributed by atoms with Crippen molar-refractivity contribution in [3.63, 3.8) is 0 Å². The van der Waals surface area contributed by atoms with E-state index in [0.29, 0.717) is 32.2 Å². The van der Waals surface area contributed by atoms with Crippen molar-refractivity contribution in [2.75, 3.05) is 13.2 Å². The third-order valence-electron chi connectivity index (χ3n) is 7.10. The zero-order valence-corrected chi connectivity index (χ0v) is 19.7. The highest BCUT2D eigenvalue weighted by molar-refractivity contribution is 5.87. The Morgan fingerprint density at radius 2 is 1.71 bits per heavy atom. The molecule has 0 spiro atoms. The molecule has 2 aromatic carbocycles. The quantitative estimate of drug-likeness (QED) is 0.633. The molecule has 7 nitrogen and oxygen atoms in total. The molecule has 180 valence electrons. The zero-order chi connectivity index (χ0) is 24.2. The van der Waals surface area contributed by atoms with Crippen molar-refractivity contribution in [2.45, 2.75) is 57.5 Å². The molecule has 0 saturated carbocycles. The van der Waals surface area contributed by atoms with Crippen molar-refractivity contribution in [1.82, 2.24) is 10.2 Å². The van der Waals surface area contributed by atoms with Crippen LogP contribution in [0.5, 0.6) is 0 Å². The van der Waals surface area contributed by atoms with Gasteiger partial charge < -0.3 is 20.1 Å². The van der Waals surface area contributed by atoms with Gasteiger partial charge in [0.15, 0.2) is 0 Å². The SMILES string of the molecule is CCCC(NC(=O)OCC1c2ccccc2-c2ccccc21)C(=O)N1CCC[C@H](C(=O)O)[C@@H]1C. The van der Waals surface area contributed by atoms with Crippen LogP contribution in [0.4, 0.5) is 4.79 Å². The number of nitrogens with zero attached hydrogens (tertiary/aromatic N) is 1. The van der Waals surface area contributed by atoms with Crippen LogP contribution in [-0.2, 0) is 14.3 Å². The molecule has 0 bridgehead atoms. The van der Waals surface area contributed by atoms with Crippen LogP contribution in [0, 0.1) is 5.92 Å². The van der Waals surface area contributed by atoms with E-state index in [4.69, 9.17) is 4.74 Å². The minimum absolute atomic E-state index is 0.0584. The number of carboxylic acids is 1. The first kappa shape index (κ1) is 23.8. The standard InChI is InChI=1S/C27H32N2O5/c1-3-9-24(25(30)29-15-8-14-18(17(29)2)26(31)32)28-27(33)34-16-23-21-12-6-4-10-19(21)20-11-5-7-13-22(20)23/h4-7,10-13,17-18,23-24H,3,8-9,14-16H2,1-2H3,(H,28,33)(H,31,32)/t17-,18-,24?/m0/s1. The second-order valence-corrected chi connectivity index (χ2v) is 9.17. The lowest BCUT2D eigenvalue weighted by molar-refractivity contribution is -0.149. The molecular formula is C27H32N2O5. The molecule has 7 heteroatoms. The average molecular weight is 465 g/mol. The molecule has 2 aromatic rings. The summed E-state index contributed by atoms with van der Waals surface area (Å²) in [5.74, 6) is -1.78. The number of piperidine rings is 1. The zero-order valence-electron chi connectivity index (χ0n) is 19.7. The fourth-order valence-electron chi connectivity index (χ4n) is 5.31. The summed E-state index contributed by atoms with van der Waals surface area (Å²) in [5.41, 5.74) is 4.55. The largest absolute Gasteiger partial charge is 0.481 e. The van der Waals surface area contributed by atoms with Crippen molar-refractivity contribution in [2.24, 2.45) is 5.92 Å². The van der Waals surface area contributed by atoms with Crippen molar-refractivity contribution < 1.29 is 24.2 Å². The third kappa shape index (κ3) is 4.65. The summed E-state index contributed by atoms with van der Waals surface area (Å²) in [4.78, 5) is 39.2. The number of aliphatic carboxylic acids is 1. The molecule has 4 rings (SSSR count). The van der Waals surface area contributed by atoms with E-state index < -0.39 is 30.1 Å². The fourth-order valence-corrected chi connectivity index (χ4v) is 5.31. The van der Waals surface area contributed by atoms with Gasteiger partial charge in [0.25, 0.3) is 0 Å². The lowest BCUT2D eigenvalue weighted by Crippen LogP contribution is -2.56. The van der Waals surface area contributed by atoms with Gasteiger partial charge in [0.05, 0.1) is 5.92 Å². The van der Waals surface area contributed by atoms with Gasteiger partial charge in [0, 0.05) is 18.5 Å². The van der Waals surface area contributed by atoms with Crippen LogP contribution >= 0.6 is 0 Å². The summed E-state index contributed by atoms with van der Waals surface area (Å²) >= 11 is 0. The number of rotatable bonds is 7. The molecule has 1 aliphatic carbocycles. The molecule has 2 amide bonds. The molecule has 0 aromatic heterocycles. The van der Waals surface area contributed by atoms with Crippen LogP contribution in [-0.4, -0.2) is 53.2 Å². The van der Waals surface area contributed by atoms with Crippen molar-refractivity contribution in [3.05, 3.63) is 59.7 Å². The predicted octanol–water partition coefficient (Wildman–Crippen LogP) is 4.41. The molecule has 2 N–H and O–H groups in total. The van der Waals surface area contributed by atoms with E-state index in [-0.39, 0.29) is 18.4 Å². The number of carbonyl (C=O) groups excluding carboxylic acids is 2. The van der Waals surface area contributed by atoms with E-state index in [2.05, 4.69) is 29.6 Å². The Kier molecular flexibility index (Phi) is 7.20. The number of ether oxygens (including phenoxy) is 1. The Labute approximate surface area is 200 Å². The van der Waals surface area contributed by atoms with Gasteiger partial charge in [-0.3, -0.25) is 9.59 Å². The molecular weight excluding hydrogens is 432 g/mol. The number of amides is 2. The van der Waals surface area contributed by atoms with Crippen molar-refractivity contribution in [3.8, 4) is 11.1 Å². The summed E-state index contributed by atoms with van der Waals surface area (Å²) < 4.78 is 5.63. The number of fused-ring (bicyclic) bond motifs is 3. The number of hydrogen-bond donors (Lipinski definition) is 2. The van der Waals surface area contributed by atoms with Gasteiger partial charge in [-0.2, -0.15) is 0 Å². The second-order valence-electron chi connectivity index (χ2n) is 9.17. The number of carboxylic acid groups (broad SMARTS) is 1. The van der Waals surface area contributed by atoms with Gasteiger partial charge in [-0.25, -0.2) is 4.79 Å². The van der Waals surface area contributed by atoms with Crippen LogP contribution in [0.15, 0.2) is 48.5 Å². The Morgan fingerprint density at radius 1 is 1.09 bits per heavy atom. The highest BCUT2D eigenvalue weighted by Crippen LogP contribution is 2.44. The Morgan fingerprint density at radius 3 is 2.29 bits per heavy atom. The highest BCUT2D eigenvalue weighted by Gasteiger charge is 2.38. The van der Waals surface area contributed by atoms with Gasteiger partial charge in [-0.15, -0.1) is 0 Å². The topological polar surface area (TPSA) is 95.9 Å². The van der Waals surface area contributed by atoms with Gasteiger partial charge in [0.1, 0.15) is 12.6 Å². The Bertz CT molecular complexity index is 1020. The van der Waals surface area contributed by atoms with Gasteiger partial charge >= 0.3 is 12.1 Å². The average Bonchev–Trinajstić information content (AvgIpc) is 3.16. The van der Waals surface area contributed by atoms with Crippen LogP contribution in [0.25, 0.3) is 11.1 Å². The van der Waals surface area contributed by atoms with Gasteiger partial charge in [-0.05, 0) is 48.4 Å². The van der Waals surface area contributed by atoms with Crippen LogP contribution < -0.4 is 5.32 Å². The fraction of sp³-hybridized carbons (Fsp3) is 0.444. The molecule has 2 aliphatic rings. The van der Waals surface area contributed by atoms with Gasteiger partial charge in [-0.1, -0.05) is 61.9 Å². The van der Waals surface area contributed by atoms with E-state index in [1.807, 2.05) is 31.2 Å². The monoisotopic (exact) mass is 464 g/mol. The molecule has 0 radical (unpaired) electrons. The normalized spacial score (nSPS) is 20.2. The number of likely N-dealkylation sites (tertiary alicyclic amines) is 1. The van der Waals surface area contributed by atoms with E-state index in [0.717, 1.165) is 22.3 Å². The van der Waals surface area contributed by atoms with Crippen molar-refractivity contribution >= 4 is 18.0 Å². The van der Waals surface area contributed by atoms with E-state index in [1.165, 1.54) is 0 Å². The van der Waals surface area contributed by atoms with Crippen LogP contribution in [0.1, 0.15) is 56.6 Å². The number of alkyl carbamates (subject to hydrolysis) is 1. The van der Waals surface area contributed by atoms with Crippen LogP contribution in [0.3, 0.4) is 0 Å². The predicted molar refractivity (Wildman–Crippen MR) is 128 cm³/mol. The van der Waals surface area contributed by atoms with Crippen LogP contribution in [0.2, 0.25) is 0 Å². The Balaban J connectivity index is 1.42. The summed E-state index contributed by atoms with van der Waals surface area (Å²) in [7, 11) is 0. The summed E-state index contributed by atoms with van der Waals surface area (Å²) in [6, 6.07) is 15.1. The lowest BCUT2D eigenvalue weighted by Gasteiger charge is -2.39. The van der Waals surface area contributed by atoms with Gasteiger partial charge in [0.2, 0.25) is 5.91 Å². The minimum atomic E-state index is -0.887. The Hall–Kier alpha value is -3.35. The third-order valence-corrected chi connectivity index (χ3v) is 7.10. The smallest absolute Gasteiger partial charge is 0.407 e. The maximum Gasteiger partial charge on any atom is 0.407 e. The number of benzene rings is 2. The maximum atomic E-state index is 13.3. The first-order valence-electron chi connectivity index (χ1n) is 12.1. The number of hydrogen-bond acceptors (Lipinski definition) is 4.